The summed E-state index contributed by atoms with van der Waals surface area (Å²) in [5, 5.41) is 10.9. The Hall–Kier alpha value is -3.55. The lowest BCUT2D eigenvalue weighted by atomic mass is 10.1. The van der Waals surface area contributed by atoms with Gasteiger partial charge in [0.25, 0.3) is 11.6 Å². The Morgan fingerprint density at radius 3 is 2.40 bits per heavy atom. The van der Waals surface area contributed by atoms with Crippen molar-refractivity contribution in [3.8, 4) is 0 Å². The summed E-state index contributed by atoms with van der Waals surface area (Å²) in [6.07, 6.45) is 5.11. The van der Waals surface area contributed by atoms with Crippen molar-refractivity contribution in [3.63, 3.8) is 0 Å². The van der Waals surface area contributed by atoms with E-state index in [2.05, 4.69) is 4.90 Å². The molecule has 0 saturated carbocycles. The second-order valence-corrected chi connectivity index (χ2v) is 7.33. The lowest BCUT2D eigenvalue weighted by Crippen LogP contribution is -2.30. The maximum Gasteiger partial charge on any atom is 0.269 e. The second kappa shape index (κ2) is 8.86. The molecule has 0 unspecified atom stereocenters. The van der Waals surface area contributed by atoms with Gasteiger partial charge in [-0.25, -0.2) is 0 Å². The van der Waals surface area contributed by atoms with E-state index in [-0.39, 0.29) is 24.7 Å². The normalized spacial score (nSPS) is 13.9. The number of carbonyl (C=O) groups excluding carboxylic acids is 1. The van der Waals surface area contributed by atoms with Gasteiger partial charge in [-0.2, -0.15) is 0 Å². The summed E-state index contributed by atoms with van der Waals surface area (Å²) in [6.45, 7) is 2.49. The van der Waals surface area contributed by atoms with Crippen LogP contribution in [0.5, 0.6) is 0 Å². The Balaban J connectivity index is 1.53. The van der Waals surface area contributed by atoms with Gasteiger partial charge in [-0.15, -0.1) is 0 Å². The largest absolute Gasteiger partial charge is 0.467 e. The highest BCUT2D eigenvalue weighted by Gasteiger charge is 2.21. The van der Waals surface area contributed by atoms with Crippen LogP contribution in [0.25, 0.3) is 0 Å². The van der Waals surface area contributed by atoms with Crippen LogP contribution < -0.4 is 4.90 Å². The molecule has 1 aliphatic heterocycles. The van der Waals surface area contributed by atoms with Crippen molar-refractivity contribution in [2.75, 3.05) is 18.0 Å². The minimum Gasteiger partial charge on any atom is -0.467 e. The topological polar surface area (TPSA) is 93.0 Å². The number of benzene rings is 1. The number of nitrogens with zero attached hydrogens (tertiary/aromatic N) is 3. The number of anilines is 1. The number of hydrogen-bond acceptors (Lipinski definition) is 6. The molecule has 1 saturated heterocycles. The first-order valence-electron chi connectivity index (χ1n) is 10.00. The molecule has 0 radical (unpaired) electrons. The molecule has 0 aliphatic carbocycles. The molecule has 1 fully saturated rings. The van der Waals surface area contributed by atoms with E-state index in [1.54, 1.807) is 23.3 Å². The molecule has 0 spiro atoms. The quantitative estimate of drug-likeness (QED) is 0.418. The van der Waals surface area contributed by atoms with E-state index in [0.717, 1.165) is 31.8 Å². The highest BCUT2D eigenvalue weighted by Crippen LogP contribution is 2.24. The van der Waals surface area contributed by atoms with E-state index in [9.17, 15) is 14.9 Å². The van der Waals surface area contributed by atoms with Gasteiger partial charge in [0.05, 0.1) is 24.3 Å². The van der Waals surface area contributed by atoms with Crippen LogP contribution in [0.15, 0.2) is 63.6 Å². The number of non-ortho nitro benzene ring substituents is 1. The zero-order chi connectivity index (χ0) is 20.9. The number of carbonyl (C=O) groups is 1. The molecule has 8 heteroatoms. The zero-order valence-corrected chi connectivity index (χ0v) is 16.5. The van der Waals surface area contributed by atoms with E-state index in [1.807, 2.05) is 12.1 Å². The molecule has 2 aromatic heterocycles. The zero-order valence-electron chi connectivity index (χ0n) is 16.5. The molecule has 30 heavy (non-hydrogen) atoms. The monoisotopic (exact) mass is 409 g/mol. The molecule has 0 bridgehead atoms. The van der Waals surface area contributed by atoms with E-state index < -0.39 is 4.92 Å². The van der Waals surface area contributed by atoms with Gasteiger partial charge in [0.2, 0.25) is 0 Å². The molecule has 8 nitrogen and oxygen atoms in total. The molecular formula is C22H23N3O5. The fraction of sp³-hybridized carbons (Fsp3) is 0.318. The first-order valence-corrected chi connectivity index (χ1v) is 10.00. The van der Waals surface area contributed by atoms with Crippen LogP contribution in [0.2, 0.25) is 0 Å². The van der Waals surface area contributed by atoms with Crippen molar-refractivity contribution in [1.29, 1.82) is 0 Å². The van der Waals surface area contributed by atoms with Crippen molar-refractivity contribution in [3.05, 3.63) is 82.0 Å². The van der Waals surface area contributed by atoms with Gasteiger partial charge in [-0.1, -0.05) is 0 Å². The highest BCUT2D eigenvalue weighted by molar-refractivity contribution is 5.94. The van der Waals surface area contributed by atoms with Crippen LogP contribution in [0.1, 0.15) is 41.1 Å². The van der Waals surface area contributed by atoms with Crippen molar-refractivity contribution < 1.29 is 18.6 Å². The van der Waals surface area contributed by atoms with Crippen molar-refractivity contribution in [2.45, 2.75) is 32.4 Å². The fourth-order valence-electron chi connectivity index (χ4n) is 3.62. The SMILES string of the molecule is O=C(c1ccc([N+](=O)[O-])cc1)N(Cc1ccco1)Cc1ccc(N2CCCCC2)o1. The molecule has 3 aromatic rings. The van der Waals surface area contributed by atoms with E-state index in [0.29, 0.717) is 17.1 Å². The van der Waals surface area contributed by atoms with Gasteiger partial charge in [0, 0.05) is 36.9 Å². The average molecular weight is 409 g/mol. The molecular weight excluding hydrogens is 386 g/mol. The Bertz CT molecular complexity index is 988. The number of hydrogen-bond donors (Lipinski definition) is 0. The van der Waals surface area contributed by atoms with Crippen LogP contribution in [0.3, 0.4) is 0 Å². The van der Waals surface area contributed by atoms with Gasteiger partial charge in [0.15, 0.2) is 5.88 Å². The van der Waals surface area contributed by atoms with E-state index in [1.165, 1.54) is 30.7 Å². The van der Waals surface area contributed by atoms with Crippen molar-refractivity contribution in [1.82, 2.24) is 4.90 Å². The lowest BCUT2D eigenvalue weighted by molar-refractivity contribution is -0.384. The highest BCUT2D eigenvalue weighted by atomic mass is 16.6. The molecule has 0 atom stereocenters. The average Bonchev–Trinajstić information content (AvgIpc) is 3.46. The maximum atomic E-state index is 13.1. The number of rotatable bonds is 7. The van der Waals surface area contributed by atoms with Crippen LogP contribution in [0.4, 0.5) is 11.6 Å². The Morgan fingerprint density at radius 2 is 1.73 bits per heavy atom. The molecule has 1 aromatic carbocycles. The standard InChI is InChI=1S/C22H23N3O5/c26-22(17-6-8-18(9-7-17)25(27)28)24(15-19-5-4-14-29-19)16-20-10-11-21(30-20)23-12-2-1-3-13-23/h4-11,14H,1-3,12-13,15-16H2. The predicted octanol–water partition coefficient (Wildman–Crippen LogP) is 4.61. The molecule has 4 rings (SSSR count). The molecule has 156 valence electrons. The minimum absolute atomic E-state index is 0.0543. The number of furan rings is 2. The van der Waals surface area contributed by atoms with Gasteiger partial charge >= 0.3 is 0 Å². The smallest absolute Gasteiger partial charge is 0.269 e. The first-order chi connectivity index (χ1) is 14.6. The van der Waals surface area contributed by atoms with Gasteiger partial charge in [0.1, 0.15) is 11.5 Å². The van der Waals surface area contributed by atoms with E-state index >= 15 is 0 Å². The van der Waals surface area contributed by atoms with Gasteiger partial charge in [-0.05, 0) is 49.6 Å². The van der Waals surface area contributed by atoms with E-state index in [4.69, 9.17) is 8.83 Å². The summed E-state index contributed by atoms with van der Waals surface area (Å²) < 4.78 is 11.4. The number of nitro benzene ring substituents is 1. The first kappa shape index (κ1) is 19.8. The van der Waals surface area contributed by atoms with Crippen LogP contribution in [-0.2, 0) is 13.1 Å². The molecule has 3 heterocycles. The second-order valence-electron chi connectivity index (χ2n) is 7.33. The summed E-state index contributed by atoms with van der Waals surface area (Å²) in [6, 6.07) is 13.0. The summed E-state index contributed by atoms with van der Waals surface area (Å²) in [7, 11) is 0. The number of piperidine rings is 1. The van der Waals surface area contributed by atoms with Crippen LogP contribution in [-0.4, -0.2) is 28.8 Å². The van der Waals surface area contributed by atoms with Crippen molar-refractivity contribution >= 4 is 17.5 Å². The molecule has 0 N–H and O–H groups in total. The van der Waals surface area contributed by atoms with Crippen LogP contribution in [0, 0.1) is 10.1 Å². The third-order valence-electron chi connectivity index (χ3n) is 5.20. The third kappa shape index (κ3) is 4.53. The predicted molar refractivity (Wildman–Crippen MR) is 110 cm³/mol. The Labute approximate surface area is 173 Å². The summed E-state index contributed by atoms with van der Waals surface area (Å²) in [5.41, 5.74) is 0.316. The Kier molecular flexibility index (Phi) is 5.83. The molecule has 1 amide bonds. The molecule has 1 aliphatic rings. The third-order valence-corrected chi connectivity index (χ3v) is 5.20. The Morgan fingerprint density at radius 1 is 1.00 bits per heavy atom. The number of amides is 1. The van der Waals surface area contributed by atoms with Gasteiger partial charge < -0.3 is 18.6 Å². The van der Waals surface area contributed by atoms with Gasteiger partial charge in [-0.3, -0.25) is 14.9 Å². The summed E-state index contributed by atoms with van der Waals surface area (Å²) in [5.74, 6) is 1.90. The van der Waals surface area contributed by atoms with Crippen molar-refractivity contribution in [2.24, 2.45) is 0 Å². The van der Waals surface area contributed by atoms with Crippen LogP contribution >= 0.6 is 0 Å². The maximum absolute atomic E-state index is 13.1. The lowest BCUT2D eigenvalue weighted by Gasteiger charge is -2.26. The minimum atomic E-state index is -0.486. The summed E-state index contributed by atoms with van der Waals surface area (Å²) >= 11 is 0. The fourth-order valence-corrected chi connectivity index (χ4v) is 3.62. The number of nitro groups is 1. The summed E-state index contributed by atoms with van der Waals surface area (Å²) in [4.78, 5) is 27.4.